The molecule has 0 saturated carbocycles. The standard InChI is InChI=1S/C26H16ClN3O2/c27-16-11-9-15(10-12-16)14-28-25(31)21-13-20-17-5-3-4-8-22(17)30-24(20)23(29-21)18-6-1-2-7-19(18)26(30)32/h1-13H,14H2,(H,28,31). The molecule has 3 heterocycles. The second kappa shape index (κ2) is 7.04. The fourth-order valence-electron chi connectivity index (χ4n) is 4.37. The van der Waals surface area contributed by atoms with Gasteiger partial charge in [-0.05, 0) is 35.9 Å². The van der Waals surface area contributed by atoms with Crippen LogP contribution in [0.25, 0.3) is 38.1 Å². The van der Waals surface area contributed by atoms with Gasteiger partial charge < -0.3 is 5.32 Å². The number of carbonyl (C=O) groups is 1. The maximum Gasteiger partial charge on any atom is 0.270 e. The summed E-state index contributed by atoms with van der Waals surface area (Å²) in [5.41, 5.74) is 3.37. The van der Waals surface area contributed by atoms with E-state index in [2.05, 4.69) is 5.32 Å². The molecule has 0 aliphatic rings. The van der Waals surface area contributed by atoms with Crippen LogP contribution in [0.15, 0.2) is 83.7 Å². The summed E-state index contributed by atoms with van der Waals surface area (Å²) in [4.78, 5) is 31.1. The molecule has 5 nitrogen and oxygen atoms in total. The molecule has 0 spiro atoms. The molecule has 32 heavy (non-hydrogen) atoms. The molecule has 154 valence electrons. The molecule has 0 bridgehead atoms. The van der Waals surface area contributed by atoms with E-state index in [-0.39, 0.29) is 11.5 Å². The molecule has 0 radical (unpaired) electrons. The van der Waals surface area contributed by atoms with Gasteiger partial charge in [0.1, 0.15) is 5.69 Å². The van der Waals surface area contributed by atoms with Gasteiger partial charge >= 0.3 is 0 Å². The number of rotatable bonds is 3. The minimum atomic E-state index is -0.274. The number of benzene rings is 3. The number of hydrogen-bond donors (Lipinski definition) is 1. The van der Waals surface area contributed by atoms with Gasteiger partial charge in [-0.2, -0.15) is 0 Å². The zero-order valence-electron chi connectivity index (χ0n) is 16.8. The number of nitrogens with one attached hydrogen (secondary N) is 1. The van der Waals surface area contributed by atoms with Crippen LogP contribution in [0.1, 0.15) is 16.1 Å². The first kappa shape index (κ1) is 18.8. The van der Waals surface area contributed by atoms with Crippen molar-refractivity contribution in [3.05, 3.63) is 105 Å². The Morgan fingerprint density at radius 2 is 1.56 bits per heavy atom. The zero-order chi connectivity index (χ0) is 21.8. The molecular formula is C26H16ClN3O2. The van der Waals surface area contributed by atoms with Crippen LogP contribution < -0.4 is 10.9 Å². The Morgan fingerprint density at radius 3 is 2.34 bits per heavy atom. The van der Waals surface area contributed by atoms with Crippen LogP contribution in [0.5, 0.6) is 0 Å². The average molecular weight is 438 g/mol. The van der Waals surface area contributed by atoms with E-state index >= 15 is 0 Å². The summed E-state index contributed by atoms with van der Waals surface area (Å²) in [7, 11) is 0. The van der Waals surface area contributed by atoms with E-state index < -0.39 is 0 Å². The smallest absolute Gasteiger partial charge is 0.270 e. The minimum Gasteiger partial charge on any atom is -0.347 e. The average Bonchev–Trinajstić information content (AvgIpc) is 3.17. The summed E-state index contributed by atoms with van der Waals surface area (Å²) in [6.07, 6.45) is 0. The van der Waals surface area contributed by atoms with E-state index in [9.17, 15) is 9.59 Å². The fraction of sp³-hybridized carbons (Fsp3) is 0.0385. The molecule has 0 atom stereocenters. The van der Waals surface area contributed by atoms with Crippen LogP contribution in [-0.2, 0) is 6.54 Å². The van der Waals surface area contributed by atoms with E-state index in [4.69, 9.17) is 16.6 Å². The maximum atomic E-state index is 13.3. The number of para-hydroxylation sites is 1. The van der Waals surface area contributed by atoms with Gasteiger partial charge in [-0.3, -0.25) is 14.0 Å². The quantitative estimate of drug-likeness (QED) is 0.388. The van der Waals surface area contributed by atoms with Gasteiger partial charge in [-0.25, -0.2) is 4.98 Å². The summed E-state index contributed by atoms with van der Waals surface area (Å²) < 4.78 is 1.71. The Labute approximate surface area is 187 Å². The molecule has 0 aliphatic heterocycles. The van der Waals surface area contributed by atoms with Crippen molar-refractivity contribution in [3.8, 4) is 0 Å². The van der Waals surface area contributed by atoms with Crippen molar-refractivity contribution >= 4 is 55.6 Å². The summed E-state index contributed by atoms with van der Waals surface area (Å²) in [5.74, 6) is -0.274. The minimum absolute atomic E-state index is 0.0824. The molecule has 0 aliphatic carbocycles. The number of amides is 1. The van der Waals surface area contributed by atoms with Gasteiger partial charge in [0, 0.05) is 33.1 Å². The molecule has 0 unspecified atom stereocenters. The second-order valence-corrected chi connectivity index (χ2v) is 8.20. The summed E-state index contributed by atoms with van der Waals surface area (Å²) >= 11 is 5.94. The van der Waals surface area contributed by atoms with Crippen molar-refractivity contribution in [2.24, 2.45) is 0 Å². The first-order valence-corrected chi connectivity index (χ1v) is 10.6. The maximum absolute atomic E-state index is 13.3. The van der Waals surface area contributed by atoms with E-state index in [0.29, 0.717) is 28.2 Å². The topological polar surface area (TPSA) is 63.5 Å². The summed E-state index contributed by atoms with van der Waals surface area (Å²) in [6.45, 7) is 0.363. The third-order valence-electron chi connectivity index (χ3n) is 5.87. The molecule has 1 amide bonds. The highest BCUT2D eigenvalue weighted by atomic mass is 35.5. The van der Waals surface area contributed by atoms with Gasteiger partial charge in [-0.15, -0.1) is 0 Å². The van der Waals surface area contributed by atoms with Gasteiger partial charge in [-0.1, -0.05) is 60.1 Å². The molecule has 1 N–H and O–H groups in total. The number of halogens is 1. The Kier molecular flexibility index (Phi) is 4.13. The third-order valence-corrected chi connectivity index (χ3v) is 6.12. The lowest BCUT2D eigenvalue weighted by molar-refractivity contribution is 0.0946. The van der Waals surface area contributed by atoms with E-state index in [1.807, 2.05) is 54.6 Å². The van der Waals surface area contributed by atoms with Crippen molar-refractivity contribution < 1.29 is 4.79 Å². The van der Waals surface area contributed by atoms with Gasteiger partial charge in [0.05, 0.1) is 16.6 Å². The highest BCUT2D eigenvalue weighted by Crippen LogP contribution is 2.33. The molecule has 6 heteroatoms. The predicted molar refractivity (Wildman–Crippen MR) is 128 cm³/mol. The predicted octanol–water partition coefficient (Wildman–Crippen LogP) is 5.18. The molecule has 0 fully saturated rings. The SMILES string of the molecule is O=C(NCc1ccc(Cl)cc1)c1cc2c3ccccc3n3c(=O)c4ccccc4c(n1)c23. The number of pyridine rings is 2. The first-order valence-electron chi connectivity index (χ1n) is 10.2. The normalized spacial score (nSPS) is 11.7. The van der Waals surface area contributed by atoms with Crippen LogP contribution in [0.3, 0.4) is 0 Å². The molecule has 3 aromatic carbocycles. The monoisotopic (exact) mass is 437 g/mol. The summed E-state index contributed by atoms with van der Waals surface area (Å²) in [6, 6.07) is 24.2. The van der Waals surface area contributed by atoms with Crippen molar-refractivity contribution in [1.82, 2.24) is 14.7 Å². The van der Waals surface area contributed by atoms with Crippen LogP contribution in [0.2, 0.25) is 5.02 Å². The van der Waals surface area contributed by atoms with Crippen LogP contribution in [0.4, 0.5) is 0 Å². The van der Waals surface area contributed by atoms with Crippen molar-refractivity contribution in [2.45, 2.75) is 6.54 Å². The Morgan fingerprint density at radius 1 is 0.875 bits per heavy atom. The van der Waals surface area contributed by atoms with Crippen LogP contribution in [0, 0.1) is 0 Å². The number of carbonyl (C=O) groups excluding carboxylic acids is 1. The van der Waals surface area contributed by atoms with Crippen molar-refractivity contribution in [3.63, 3.8) is 0 Å². The lowest BCUT2D eigenvalue weighted by atomic mass is 10.1. The van der Waals surface area contributed by atoms with Crippen LogP contribution in [-0.4, -0.2) is 15.3 Å². The third kappa shape index (κ3) is 2.75. The van der Waals surface area contributed by atoms with Crippen LogP contribution >= 0.6 is 11.6 Å². The molecule has 3 aromatic heterocycles. The molecular weight excluding hydrogens is 422 g/mol. The Hall–Kier alpha value is -3.96. The number of aromatic nitrogens is 2. The van der Waals surface area contributed by atoms with Crippen molar-refractivity contribution in [1.29, 1.82) is 0 Å². The molecule has 6 rings (SSSR count). The first-order chi connectivity index (χ1) is 15.6. The fourth-order valence-corrected chi connectivity index (χ4v) is 4.50. The Bertz CT molecular complexity index is 1720. The van der Waals surface area contributed by atoms with Crippen molar-refractivity contribution in [2.75, 3.05) is 0 Å². The second-order valence-electron chi connectivity index (χ2n) is 7.76. The largest absolute Gasteiger partial charge is 0.347 e. The Balaban J connectivity index is 1.58. The molecule has 0 saturated heterocycles. The van der Waals surface area contributed by atoms with E-state index in [1.54, 1.807) is 28.7 Å². The number of fused-ring (bicyclic) bond motifs is 5. The number of hydrogen-bond acceptors (Lipinski definition) is 3. The highest BCUT2D eigenvalue weighted by Gasteiger charge is 2.20. The lowest BCUT2D eigenvalue weighted by Gasteiger charge is -2.09. The number of nitrogens with zero attached hydrogens (tertiary/aromatic N) is 2. The van der Waals surface area contributed by atoms with Gasteiger partial charge in [0.2, 0.25) is 0 Å². The zero-order valence-corrected chi connectivity index (χ0v) is 17.6. The van der Waals surface area contributed by atoms with Gasteiger partial charge in [0.15, 0.2) is 0 Å². The summed E-state index contributed by atoms with van der Waals surface area (Å²) in [5, 5.41) is 6.66. The molecule has 6 aromatic rings. The van der Waals surface area contributed by atoms with E-state index in [1.165, 1.54) is 0 Å². The lowest BCUT2D eigenvalue weighted by Crippen LogP contribution is -2.24. The van der Waals surface area contributed by atoms with E-state index in [0.717, 1.165) is 32.8 Å². The highest BCUT2D eigenvalue weighted by molar-refractivity contribution is 6.30. The van der Waals surface area contributed by atoms with Gasteiger partial charge in [0.25, 0.3) is 11.5 Å².